The van der Waals surface area contributed by atoms with Crippen LogP contribution >= 0.6 is 11.3 Å². The molecule has 0 aliphatic carbocycles. The minimum atomic E-state index is 0.686. The van der Waals surface area contributed by atoms with E-state index in [2.05, 4.69) is 170 Å². The van der Waals surface area contributed by atoms with Crippen molar-refractivity contribution in [2.75, 3.05) is 0 Å². The van der Waals surface area contributed by atoms with Crippen LogP contribution < -0.4 is 0 Å². The molecule has 0 atom stereocenters. The molecule has 252 valence electrons. The third-order valence-corrected chi connectivity index (χ3v) is 11.6. The molecule has 0 aliphatic rings. The maximum atomic E-state index is 6.49. The number of thiophene rings is 1. The Bertz CT molecular complexity index is 3220. The van der Waals surface area contributed by atoms with Gasteiger partial charge in [0.2, 0.25) is 0 Å². The fraction of sp³-hybridized carbons (Fsp3) is 0. The summed E-state index contributed by atoms with van der Waals surface area (Å²) >= 11 is 1.76. The Morgan fingerprint density at radius 1 is 0.407 bits per heavy atom. The SMILES string of the molecule is c1ccc(-c2cccc(-c3ccc4oc5cccc(-c6nc(-c7ccc8cc(-c9ccccc9)ccc8c7)c7sc8ccccc8c7n6)c5c4c3)c2)cc1. The van der Waals surface area contributed by atoms with E-state index in [4.69, 9.17) is 14.4 Å². The fourth-order valence-electron chi connectivity index (χ4n) is 7.81. The van der Waals surface area contributed by atoms with E-state index in [-0.39, 0.29) is 0 Å². The lowest BCUT2D eigenvalue weighted by Crippen LogP contribution is -1.94. The van der Waals surface area contributed by atoms with E-state index in [1.165, 1.54) is 37.7 Å². The van der Waals surface area contributed by atoms with Crippen LogP contribution in [0.1, 0.15) is 0 Å². The second-order valence-electron chi connectivity index (χ2n) is 13.8. The first-order valence-electron chi connectivity index (χ1n) is 18.1. The van der Waals surface area contributed by atoms with Gasteiger partial charge < -0.3 is 4.42 Å². The van der Waals surface area contributed by atoms with Gasteiger partial charge in [-0.25, -0.2) is 9.97 Å². The first-order chi connectivity index (χ1) is 26.7. The maximum absolute atomic E-state index is 6.49. The van der Waals surface area contributed by atoms with Crippen molar-refractivity contribution in [2.45, 2.75) is 0 Å². The Kier molecular flexibility index (Phi) is 7.04. The van der Waals surface area contributed by atoms with Crippen LogP contribution in [0.2, 0.25) is 0 Å². The van der Waals surface area contributed by atoms with Gasteiger partial charge in [0, 0.05) is 32.0 Å². The van der Waals surface area contributed by atoms with Gasteiger partial charge in [-0.2, -0.15) is 0 Å². The number of aromatic nitrogens is 2. The first-order valence-corrected chi connectivity index (χ1v) is 19.0. The third kappa shape index (κ3) is 5.11. The number of benzene rings is 8. The van der Waals surface area contributed by atoms with Crippen LogP contribution in [0, 0.1) is 0 Å². The Balaban J connectivity index is 1.09. The van der Waals surface area contributed by atoms with Crippen molar-refractivity contribution in [3.8, 4) is 56.0 Å². The molecule has 0 aliphatic heterocycles. The minimum Gasteiger partial charge on any atom is -0.456 e. The van der Waals surface area contributed by atoms with Gasteiger partial charge >= 0.3 is 0 Å². The van der Waals surface area contributed by atoms with Gasteiger partial charge in [-0.05, 0) is 86.6 Å². The number of hydrogen-bond acceptors (Lipinski definition) is 4. The van der Waals surface area contributed by atoms with Crippen molar-refractivity contribution in [2.24, 2.45) is 0 Å². The van der Waals surface area contributed by atoms with Crippen molar-refractivity contribution in [3.63, 3.8) is 0 Å². The molecular formula is C50H30N2OS. The number of hydrogen-bond donors (Lipinski definition) is 0. The van der Waals surface area contributed by atoms with E-state index in [1.54, 1.807) is 11.3 Å². The van der Waals surface area contributed by atoms with E-state index in [0.717, 1.165) is 65.5 Å². The van der Waals surface area contributed by atoms with Crippen LogP contribution in [0.5, 0.6) is 0 Å². The fourth-order valence-corrected chi connectivity index (χ4v) is 8.97. The lowest BCUT2D eigenvalue weighted by molar-refractivity contribution is 0.669. The van der Waals surface area contributed by atoms with Gasteiger partial charge in [-0.15, -0.1) is 11.3 Å². The first kappa shape index (κ1) is 30.7. The van der Waals surface area contributed by atoms with Crippen molar-refractivity contribution in [1.82, 2.24) is 9.97 Å². The molecule has 11 rings (SSSR count). The monoisotopic (exact) mass is 706 g/mol. The zero-order valence-electron chi connectivity index (χ0n) is 29.0. The molecule has 3 heterocycles. The average molecular weight is 707 g/mol. The molecule has 3 nitrogen and oxygen atoms in total. The molecule has 0 bridgehead atoms. The summed E-state index contributed by atoms with van der Waals surface area (Å²) in [5.74, 6) is 0.686. The zero-order chi connectivity index (χ0) is 35.6. The summed E-state index contributed by atoms with van der Waals surface area (Å²) in [5.41, 5.74) is 12.7. The highest BCUT2D eigenvalue weighted by Gasteiger charge is 2.20. The van der Waals surface area contributed by atoms with E-state index in [0.29, 0.717) is 5.82 Å². The highest BCUT2D eigenvalue weighted by atomic mass is 32.1. The zero-order valence-corrected chi connectivity index (χ0v) is 29.8. The molecule has 0 amide bonds. The normalized spacial score (nSPS) is 11.7. The standard InChI is InChI=1S/C50H30N2OS/c1-3-11-31(12-4-1)33-15-9-16-34(27-33)38-25-26-43-42(30-38)46-41(18-10-19-44(46)53-43)50-51-47(49-48(52-50)40-17-7-8-20-45(40)54-49)39-24-23-36-28-35(21-22-37(36)29-39)32-13-5-2-6-14-32/h1-30H. The molecule has 4 heteroatoms. The third-order valence-electron chi connectivity index (χ3n) is 10.5. The summed E-state index contributed by atoms with van der Waals surface area (Å²) in [6, 6.07) is 64.4. The van der Waals surface area contributed by atoms with E-state index >= 15 is 0 Å². The largest absolute Gasteiger partial charge is 0.456 e. The highest BCUT2D eigenvalue weighted by molar-refractivity contribution is 7.26. The molecule has 8 aromatic carbocycles. The Morgan fingerprint density at radius 2 is 1.02 bits per heavy atom. The quantitative estimate of drug-likeness (QED) is 0.179. The molecule has 54 heavy (non-hydrogen) atoms. The number of rotatable bonds is 5. The predicted octanol–water partition coefficient (Wildman–Crippen LogP) is 14.2. The molecule has 0 saturated heterocycles. The van der Waals surface area contributed by atoms with Gasteiger partial charge in [0.15, 0.2) is 5.82 Å². The molecule has 0 fully saturated rings. The summed E-state index contributed by atoms with van der Waals surface area (Å²) < 4.78 is 8.78. The Morgan fingerprint density at radius 3 is 1.81 bits per heavy atom. The van der Waals surface area contributed by atoms with E-state index < -0.39 is 0 Å². The topological polar surface area (TPSA) is 38.9 Å². The average Bonchev–Trinajstić information content (AvgIpc) is 3.82. The molecule has 11 aromatic rings. The second kappa shape index (κ2) is 12.4. The van der Waals surface area contributed by atoms with Gasteiger partial charge in [0.25, 0.3) is 0 Å². The number of nitrogens with zero attached hydrogens (tertiary/aromatic N) is 2. The van der Waals surface area contributed by atoms with Crippen molar-refractivity contribution < 1.29 is 4.42 Å². The lowest BCUT2D eigenvalue weighted by atomic mass is 9.97. The smallest absolute Gasteiger partial charge is 0.161 e. The van der Waals surface area contributed by atoms with Gasteiger partial charge in [0.1, 0.15) is 11.2 Å². The summed E-state index contributed by atoms with van der Waals surface area (Å²) in [4.78, 5) is 10.8. The second-order valence-corrected chi connectivity index (χ2v) is 14.8. The lowest BCUT2D eigenvalue weighted by Gasteiger charge is -2.10. The molecule has 0 unspecified atom stereocenters. The highest BCUT2D eigenvalue weighted by Crippen LogP contribution is 2.43. The Hall–Kier alpha value is -6.88. The molecule has 0 radical (unpaired) electrons. The molecule has 3 aromatic heterocycles. The van der Waals surface area contributed by atoms with Gasteiger partial charge in [0.05, 0.1) is 15.9 Å². The maximum Gasteiger partial charge on any atom is 0.161 e. The van der Waals surface area contributed by atoms with Crippen LogP contribution in [0.3, 0.4) is 0 Å². The summed E-state index contributed by atoms with van der Waals surface area (Å²) in [5, 5.41) is 5.57. The van der Waals surface area contributed by atoms with Gasteiger partial charge in [-0.1, -0.05) is 140 Å². The van der Waals surface area contributed by atoms with Crippen LogP contribution in [0.4, 0.5) is 0 Å². The minimum absolute atomic E-state index is 0.686. The van der Waals surface area contributed by atoms with Crippen LogP contribution in [-0.2, 0) is 0 Å². The molecule has 0 spiro atoms. The van der Waals surface area contributed by atoms with Crippen LogP contribution in [-0.4, -0.2) is 9.97 Å². The number of fused-ring (bicyclic) bond motifs is 7. The van der Waals surface area contributed by atoms with Crippen molar-refractivity contribution >= 4 is 64.4 Å². The molecule has 0 saturated carbocycles. The number of furan rings is 1. The van der Waals surface area contributed by atoms with Crippen molar-refractivity contribution in [1.29, 1.82) is 0 Å². The summed E-state index contributed by atoms with van der Waals surface area (Å²) in [7, 11) is 0. The predicted molar refractivity (Wildman–Crippen MR) is 227 cm³/mol. The summed E-state index contributed by atoms with van der Waals surface area (Å²) in [6.45, 7) is 0. The van der Waals surface area contributed by atoms with Crippen molar-refractivity contribution in [3.05, 3.63) is 182 Å². The molecular weight excluding hydrogens is 677 g/mol. The van der Waals surface area contributed by atoms with Gasteiger partial charge in [-0.3, -0.25) is 0 Å². The van der Waals surface area contributed by atoms with E-state index in [1.807, 2.05) is 12.1 Å². The van der Waals surface area contributed by atoms with Crippen LogP contribution in [0.15, 0.2) is 186 Å². The Labute approximate surface area is 315 Å². The van der Waals surface area contributed by atoms with Crippen LogP contribution in [0.25, 0.3) is 109 Å². The van der Waals surface area contributed by atoms with E-state index in [9.17, 15) is 0 Å². The summed E-state index contributed by atoms with van der Waals surface area (Å²) in [6.07, 6.45) is 0. The molecule has 0 N–H and O–H groups in total.